The first-order valence-corrected chi connectivity index (χ1v) is 7.06. The van der Waals surface area contributed by atoms with Crippen molar-refractivity contribution >= 4 is 5.69 Å². The summed E-state index contributed by atoms with van der Waals surface area (Å²) in [5, 5.41) is 8.83. The smallest absolute Gasteiger partial charge is 0.316 e. The summed E-state index contributed by atoms with van der Waals surface area (Å²) >= 11 is 0. The monoisotopic (exact) mass is 296 g/mol. The number of nitriles is 1. The second-order valence-electron chi connectivity index (χ2n) is 5.04. The van der Waals surface area contributed by atoms with Gasteiger partial charge in [-0.2, -0.15) is 15.2 Å². The number of aromatic nitrogens is 2. The molecule has 0 radical (unpaired) electrons. The number of rotatable bonds is 4. The van der Waals surface area contributed by atoms with E-state index in [9.17, 15) is 0 Å². The van der Waals surface area contributed by atoms with Gasteiger partial charge in [-0.25, -0.2) is 0 Å². The van der Waals surface area contributed by atoms with E-state index in [1.165, 1.54) is 0 Å². The lowest BCUT2D eigenvalue weighted by molar-refractivity contribution is 0.205. The van der Waals surface area contributed by atoms with Gasteiger partial charge < -0.3 is 14.4 Å². The van der Waals surface area contributed by atoms with E-state index in [1.54, 1.807) is 19.5 Å². The Balaban J connectivity index is 1.60. The molecule has 112 valence electrons. The van der Waals surface area contributed by atoms with E-state index in [2.05, 4.69) is 20.9 Å². The van der Waals surface area contributed by atoms with Gasteiger partial charge in [0, 0.05) is 18.7 Å². The molecule has 1 aliphatic rings. The van der Waals surface area contributed by atoms with Crippen LogP contribution in [-0.4, -0.2) is 36.3 Å². The summed E-state index contributed by atoms with van der Waals surface area (Å²) in [5.74, 6) is 0.609. The van der Waals surface area contributed by atoms with Crippen LogP contribution in [0.4, 0.5) is 5.69 Å². The topological polar surface area (TPSA) is 71.3 Å². The molecule has 0 amide bonds. The highest BCUT2D eigenvalue weighted by Crippen LogP contribution is 2.23. The van der Waals surface area contributed by atoms with Crippen LogP contribution in [0.1, 0.15) is 12.0 Å². The lowest BCUT2D eigenvalue weighted by Gasteiger charge is -2.18. The first kappa shape index (κ1) is 14.1. The Morgan fingerprint density at radius 1 is 1.23 bits per heavy atom. The number of anilines is 1. The molecule has 0 spiro atoms. The van der Waals surface area contributed by atoms with Gasteiger partial charge in [0.05, 0.1) is 37.7 Å². The second-order valence-corrected chi connectivity index (χ2v) is 5.04. The van der Waals surface area contributed by atoms with Crippen LogP contribution in [0.3, 0.4) is 0 Å². The Bertz CT molecular complexity index is 664. The zero-order valence-electron chi connectivity index (χ0n) is 12.3. The molecule has 6 nitrogen and oxygen atoms in total. The van der Waals surface area contributed by atoms with Crippen LogP contribution in [0.2, 0.25) is 0 Å². The van der Waals surface area contributed by atoms with Crippen LogP contribution in [0, 0.1) is 11.3 Å². The van der Waals surface area contributed by atoms with Crippen molar-refractivity contribution in [2.75, 3.05) is 25.1 Å². The first-order valence-electron chi connectivity index (χ1n) is 7.06. The van der Waals surface area contributed by atoms with E-state index in [4.69, 9.17) is 14.7 Å². The van der Waals surface area contributed by atoms with E-state index in [1.807, 2.05) is 24.3 Å². The molecule has 0 bridgehead atoms. The number of hydrogen-bond donors (Lipinski definition) is 0. The summed E-state index contributed by atoms with van der Waals surface area (Å²) in [7, 11) is 1.58. The zero-order chi connectivity index (χ0) is 15.4. The van der Waals surface area contributed by atoms with Crippen LogP contribution in [-0.2, 0) is 0 Å². The first-order chi connectivity index (χ1) is 10.8. The molecule has 0 N–H and O–H groups in total. The van der Waals surface area contributed by atoms with Crippen LogP contribution in [0.25, 0.3) is 0 Å². The van der Waals surface area contributed by atoms with Gasteiger partial charge in [0.1, 0.15) is 6.10 Å². The van der Waals surface area contributed by atoms with Gasteiger partial charge in [-0.3, -0.25) is 0 Å². The highest BCUT2D eigenvalue weighted by atomic mass is 16.5. The van der Waals surface area contributed by atoms with E-state index in [-0.39, 0.29) is 6.10 Å². The summed E-state index contributed by atoms with van der Waals surface area (Å²) in [6.45, 7) is 1.69. The summed E-state index contributed by atoms with van der Waals surface area (Å²) < 4.78 is 10.8. The van der Waals surface area contributed by atoms with Crippen molar-refractivity contribution in [1.82, 2.24) is 9.97 Å². The molecule has 2 aromatic rings. The molecule has 6 heteroatoms. The minimum Gasteiger partial charge on any atom is -0.494 e. The molecule has 1 atom stereocenters. The van der Waals surface area contributed by atoms with Crippen molar-refractivity contribution in [3.05, 3.63) is 42.2 Å². The van der Waals surface area contributed by atoms with Crippen molar-refractivity contribution < 1.29 is 9.47 Å². The molecule has 1 aliphatic heterocycles. The number of hydrogen-bond acceptors (Lipinski definition) is 6. The van der Waals surface area contributed by atoms with E-state index >= 15 is 0 Å². The summed E-state index contributed by atoms with van der Waals surface area (Å²) in [4.78, 5) is 10.5. The molecular formula is C16H16N4O2. The molecular weight excluding hydrogens is 280 g/mol. The average Bonchev–Trinajstić information content (AvgIpc) is 3.04. The molecule has 1 fully saturated rings. The molecule has 1 unspecified atom stereocenters. The Morgan fingerprint density at radius 3 is 2.59 bits per heavy atom. The van der Waals surface area contributed by atoms with Gasteiger partial charge in [0.15, 0.2) is 5.75 Å². The normalized spacial score (nSPS) is 17.1. The van der Waals surface area contributed by atoms with Crippen LogP contribution in [0.15, 0.2) is 36.7 Å². The fraction of sp³-hybridized carbons (Fsp3) is 0.312. The quantitative estimate of drug-likeness (QED) is 0.859. The fourth-order valence-electron chi connectivity index (χ4n) is 2.43. The lowest BCUT2D eigenvalue weighted by Crippen LogP contribution is -2.25. The van der Waals surface area contributed by atoms with Crippen molar-refractivity contribution in [3.63, 3.8) is 0 Å². The Morgan fingerprint density at radius 2 is 1.95 bits per heavy atom. The van der Waals surface area contributed by atoms with Gasteiger partial charge in [0.25, 0.3) is 0 Å². The predicted molar refractivity (Wildman–Crippen MR) is 81.0 cm³/mol. The van der Waals surface area contributed by atoms with E-state index in [0.29, 0.717) is 17.3 Å². The fourth-order valence-corrected chi connectivity index (χ4v) is 2.43. The Hall–Kier alpha value is -2.81. The van der Waals surface area contributed by atoms with Crippen molar-refractivity contribution in [3.8, 4) is 17.8 Å². The third-order valence-electron chi connectivity index (χ3n) is 3.62. The highest BCUT2D eigenvalue weighted by Gasteiger charge is 2.25. The molecule has 0 saturated carbocycles. The van der Waals surface area contributed by atoms with Crippen LogP contribution in [0.5, 0.6) is 11.8 Å². The number of methoxy groups -OCH3 is 1. The van der Waals surface area contributed by atoms with E-state index in [0.717, 1.165) is 25.2 Å². The molecule has 1 aromatic carbocycles. The third-order valence-corrected chi connectivity index (χ3v) is 3.62. The molecule has 22 heavy (non-hydrogen) atoms. The minimum atomic E-state index is 0.0593. The molecule has 3 rings (SSSR count). The largest absolute Gasteiger partial charge is 0.494 e. The van der Waals surface area contributed by atoms with Crippen LogP contribution < -0.4 is 14.4 Å². The van der Waals surface area contributed by atoms with Crippen molar-refractivity contribution in [2.24, 2.45) is 0 Å². The molecule has 1 aromatic heterocycles. The molecule has 1 saturated heterocycles. The minimum absolute atomic E-state index is 0.0593. The molecule has 0 aliphatic carbocycles. The SMILES string of the molecule is COc1cnc(OC2CCN(c3ccc(C#N)cc3)C2)nc1. The average molecular weight is 296 g/mol. The van der Waals surface area contributed by atoms with Gasteiger partial charge in [-0.1, -0.05) is 0 Å². The van der Waals surface area contributed by atoms with Gasteiger partial charge >= 0.3 is 6.01 Å². The van der Waals surface area contributed by atoms with Crippen LogP contribution >= 0.6 is 0 Å². The van der Waals surface area contributed by atoms with E-state index < -0.39 is 0 Å². The lowest BCUT2D eigenvalue weighted by atomic mass is 10.2. The second kappa shape index (κ2) is 6.31. The maximum Gasteiger partial charge on any atom is 0.316 e. The highest BCUT2D eigenvalue weighted by molar-refractivity contribution is 5.50. The zero-order valence-corrected chi connectivity index (χ0v) is 12.3. The van der Waals surface area contributed by atoms with Gasteiger partial charge in [0.2, 0.25) is 0 Å². The Kier molecular flexibility index (Phi) is 4.05. The maximum absolute atomic E-state index is 8.83. The van der Waals surface area contributed by atoms with Crippen molar-refractivity contribution in [2.45, 2.75) is 12.5 Å². The summed E-state index contributed by atoms with van der Waals surface area (Å²) in [6, 6.07) is 10.1. The standard InChI is InChI=1S/C16H16N4O2/c1-21-15-9-18-16(19-10-15)22-14-6-7-20(11-14)13-4-2-12(8-17)3-5-13/h2-5,9-10,14H,6-7,11H2,1H3. The molecule has 2 heterocycles. The number of ether oxygens (including phenoxy) is 2. The van der Waals surface area contributed by atoms with Crippen molar-refractivity contribution in [1.29, 1.82) is 5.26 Å². The summed E-state index contributed by atoms with van der Waals surface area (Å²) in [6.07, 6.45) is 4.16. The van der Waals surface area contributed by atoms with Gasteiger partial charge in [-0.05, 0) is 24.3 Å². The van der Waals surface area contributed by atoms with Gasteiger partial charge in [-0.15, -0.1) is 0 Å². The predicted octanol–water partition coefficient (Wildman–Crippen LogP) is 2.01. The Labute approximate surface area is 128 Å². The third kappa shape index (κ3) is 3.09. The number of nitrogens with zero attached hydrogens (tertiary/aromatic N) is 4. The number of benzene rings is 1. The maximum atomic E-state index is 8.83. The summed E-state index contributed by atoms with van der Waals surface area (Å²) in [5.41, 5.74) is 1.77.